The highest BCUT2D eigenvalue weighted by Crippen LogP contribution is 2.26. The van der Waals surface area contributed by atoms with Crippen LogP contribution in [-0.4, -0.2) is 22.1 Å². The van der Waals surface area contributed by atoms with Gasteiger partial charge in [0, 0.05) is 23.8 Å². The van der Waals surface area contributed by atoms with E-state index in [1.54, 1.807) is 30.6 Å². The standard InChI is InChI=1S/C17H14N4O2/c1-2-7-20-17(22)21-9-6-12-10-13(3-4-15(12)21)23-14-5-8-19-16(18)11-14/h1,3-6,8-11H,7H2,(H2,18,19)(H,20,22). The summed E-state index contributed by atoms with van der Waals surface area (Å²) in [6.45, 7) is 0.184. The number of nitrogens with one attached hydrogen (secondary N) is 1. The normalized spacial score (nSPS) is 10.2. The van der Waals surface area contributed by atoms with Crippen molar-refractivity contribution in [2.24, 2.45) is 0 Å². The topological polar surface area (TPSA) is 82.2 Å². The van der Waals surface area contributed by atoms with Gasteiger partial charge in [-0.05, 0) is 30.3 Å². The summed E-state index contributed by atoms with van der Waals surface area (Å²) in [4.78, 5) is 15.9. The molecule has 0 fully saturated rings. The largest absolute Gasteiger partial charge is 0.457 e. The number of hydrogen-bond acceptors (Lipinski definition) is 4. The molecule has 0 aliphatic rings. The minimum Gasteiger partial charge on any atom is -0.457 e. The summed E-state index contributed by atoms with van der Waals surface area (Å²) in [5.41, 5.74) is 6.39. The van der Waals surface area contributed by atoms with E-state index < -0.39 is 0 Å². The number of carbonyl (C=O) groups excluding carboxylic acids is 1. The first-order valence-corrected chi connectivity index (χ1v) is 6.89. The summed E-state index contributed by atoms with van der Waals surface area (Å²) in [7, 11) is 0. The lowest BCUT2D eigenvalue weighted by atomic mass is 10.2. The van der Waals surface area contributed by atoms with E-state index in [2.05, 4.69) is 16.2 Å². The Morgan fingerprint density at radius 3 is 2.91 bits per heavy atom. The van der Waals surface area contributed by atoms with Gasteiger partial charge in [0.05, 0.1) is 12.1 Å². The number of anilines is 1. The van der Waals surface area contributed by atoms with E-state index in [1.807, 2.05) is 18.2 Å². The van der Waals surface area contributed by atoms with Crippen molar-refractivity contribution in [3.63, 3.8) is 0 Å². The van der Waals surface area contributed by atoms with E-state index in [1.165, 1.54) is 4.57 Å². The molecule has 0 aliphatic carbocycles. The van der Waals surface area contributed by atoms with Crippen LogP contribution in [0.3, 0.4) is 0 Å². The van der Waals surface area contributed by atoms with Crippen molar-refractivity contribution in [3.8, 4) is 23.8 Å². The highest BCUT2D eigenvalue weighted by molar-refractivity contribution is 5.92. The number of pyridine rings is 1. The molecule has 0 atom stereocenters. The number of aromatic nitrogens is 2. The molecule has 3 rings (SSSR count). The van der Waals surface area contributed by atoms with E-state index in [4.69, 9.17) is 16.9 Å². The first kappa shape index (κ1) is 14.5. The van der Waals surface area contributed by atoms with Crippen molar-refractivity contribution in [2.45, 2.75) is 0 Å². The maximum atomic E-state index is 12.0. The van der Waals surface area contributed by atoms with Gasteiger partial charge in [-0.15, -0.1) is 6.42 Å². The lowest BCUT2D eigenvalue weighted by Gasteiger charge is -2.07. The summed E-state index contributed by atoms with van der Waals surface area (Å²) in [5.74, 6) is 4.00. The molecule has 3 aromatic rings. The predicted molar refractivity (Wildman–Crippen MR) is 88.3 cm³/mol. The van der Waals surface area contributed by atoms with Crippen molar-refractivity contribution in [3.05, 3.63) is 48.8 Å². The van der Waals surface area contributed by atoms with Gasteiger partial charge in [-0.2, -0.15) is 0 Å². The van der Waals surface area contributed by atoms with Crippen LogP contribution in [-0.2, 0) is 0 Å². The maximum Gasteiger partial charge on any atom is 0.326 e. The molecule has 0 saturated heterocycles. The molecule has 0 radical (unpaired) electrons. The highest BCUT2D eigenvalue weighted by Gasteiger charge is 2.09. The van der Waals surface area contributed by atoms with Crippen molar-refractivity contribution in [1.29, 1.82) is 0 Å². The van der Waals surface area contributed by atoms with Gasteiger partial charge < -0.3 is 15.8 Å². The van der Waals surface area contributed by atoms with Crippen LogP contribution in [0.4, 0.5) is 10.6 Å². The van der Waals surface area contributed by atoms with E-state index in [0.717, 1.165) is 10.9 Å². The summed E-state index contributed by atoms with van der Waals surface area (Å²) < 4.78 is 7.25. The van der Waals surface area contributed by atoms with E-state index in [-0.39, 0.29) is 12.6 Å². The Hall–Kier alpha value is -3.46. The quantitative estimate of drug-likeness (QED) is 0.729. The maximum absolute atomic E-state index is 12.0. The van der Waals surface area contributed by atoms with E-state index >= 15 is 0 Å². The van der Waals surface area contributed by atoms with Gasteiger partial charge in [0.25, 0.3) is 0 Å². The number of carbonyl (C=O) groups is 1. The predicted octanol–water partition coefficient (Wildman–Crippen LogP) is 2.60. The molecule has 1 amide bonds. The number of nitrogens with two attached hydrogens (primary N) is 1. The van der Waals surface area contributed by atoms with Crippen LogP contribution in [0, 0.1) is 12.3 Å². The lowest BCUT2D eigenvalue weighted by Crippen LogP contribution is -2.27. The fourth-order valence-electron chi connectivity index (χ4n) is 2.20. The first-order valence-electron chi connectivity index (χ1n) is 6.89. The SMILES string of the molecule is C#CCNC(=O)n1ccc2cc(Oc3ccnc(N)c3)ccc21. The van der Waals surface area contributed by atoms with Gasteiger partial charge in [0.15, 0.2) is 0 Å². The highest BCUT2D eigenvalue weighted by atomic mass is 16.5. The second kappa shape index (κ2) is 6.12. The first-order chi connectivity index (χ1) is 11.2. The average molecular weight is 306 g/mol. The smallest absolute Gasteiger partial charge is 0.326 e. The molecule has 6 nitrogen and oxygen atoms in total. The van der Waals surface area contributed by atoms with Gasteiger partial charge in [-0.1, -0.05) is 5.92 Å². The molecule has 114 valence electrons. The van der Waals surface area contributed by atoms with Crippen LogP contribution < -0.4 is 15.8 Å². The van der Waals surface area contributed by atoms with Crippen LogP contribution in [0.2, 0.25) is 0 Å². The fraction of sp³-hybridized carbons (Fsp3) is 0.0588. The van der Waals surface area contributed by atoms with E-state index in [9.17, 15) is 4.79 Å². The Morgan fingerprint density at radius 2 is 2.13 bits per heavy atom. The molecule has 0 bridgehead atoms. The fourth-order valence-corrected chi connectivity index (χ4v) is 2.20. The van der Waals surface area contributed by atoms with Crippen LogP contribution in [0.1, 0.15) is 0 Å². The monoisotopic (exact) mass is 306 g/mol. The minimum absolute atomic E-state index is 0.184. The summed E-state index contributed by atoms with van der Waals surface area (Å²) in [5, 5.41) is 3.50. The van der Waals surface area contributed by atoms with Gasteiger partial charge in [-0.25, -0.2) is 9.78 Å². The number of rotatable bonds is 3. The van der Waals surface area contributed by atoms with Gasteiger partial charge in [0.1, 0.15) is 17.3 Å². The Kier molecular flexibility index (Phi) is 3.85. The zero-order valence-electron chi connectivity index (χ0n) is 12.2. The third kappa shape index (κ3) is 3.09. The van der Waals surface area contributed by atoms with Crippen LogP contribution in [0.25, 0.3) is 10.9 Å². The molecule has 0 aliphatic heterocycles. The Balaban J connectivity index is 1.86. The van der Waals surface area contributed by atoms with Crippen LogP contribution >= 0.6 is 0 Å². The molecule has 1 aromatic carbocycles. The molecule has 23 heavy (non-hydrogen) atoms. The minimum atomic E-state index is -0.270. The van der Waals surface area contributed by atoms with Gasteiger partial charge in [-0.3, -0.25) is 4.57 Å². The van der Waals surface area contributed by atoms with Crippen molar-refractivity contribution in [1.82, 2.24) is 14.9 Å². The van der Waals surface area contributed by atoms with Crippen molar-refractivity contribution < 1.29 is 9.53 Å². The molecular formula is C17H14N4O2. The molecule has 6 heteroatoms. The molecule has 2 heterocycles. The van der Waals surface area contributed by atoms with Crippen molar-refractivity contribution in [2.75, 3.05) is 12.3 Å². The number of benzene rings is 1. The Labute approximate surface area is 132 Å². The van der Waals surface area contributed by atoms with Crippen LogP contribution in [0.15, 0.2) is 48.8 Å². The molecule has 0 saturated carbocycles. The number of nitrogens with zero attached hydrogens (tertiary/aromatic N) is 2. The second-order valence-electron chi connectivity index (χ2n) is 4.79. The van der Waals surface area contributed by atoms with Crippen molar-refractivity contribution >= 4 is 22.8 Å². The molecular weight excluding hydrogens is 292 g/mol. The summed E-state index contributed by atoms with van der Waals surface area (Å²) in [6.07, 6.45) is 8.41. The zero-order valence-corrected chi connectivity index (χ0v) is 12.2. The number of hydrogen-bond donors (Lipinski definition) is 2. The third-order valence-corrected chi connectivity index (χ3v) is 3.21. The van der Waals surface area contributed by atoms with Gasteiger partial charge in [0.2, 0.25) is 0 Å². The summed E-state index contributed by atoms with van der Waals surface area (Å²) >= 11 is 0. The van der Waals surface area contributed by atoms with Gasteiger partial charge >= 0.3 is 6.03 Å². The van der Waals surface area contributed by atoms with E-state index in [0.29, 0.717) is 17.3 Å². The number of nitrogen functional groups attached to an aromatic ring is 1. The Bertz CT molecular complexity index is 908. The Morgan fingerprint density at radius 1 is 1.30 bits per heavy atom. The zero-order chi connectivity index (χ0) is 16.2. The number of ether oxygens (including phenoxy) is 1. The molecule has 0 spiro atoms. The molecule has 2 aromatic heterocycles. The molecule has 3 N–H and O–H groups in total. The second-order valence-corrected chi connectivity index (χ2v) is 4.79. The molecule has 0 unspecified atom stereocenters. The summed E-state index contributed by atoms with van der Waals surface area (Å²) in [6, 6.07) is 10.4. The lowest BCUT2D eigenvalue weighted by molar-refractivity contribution is 0.244. The van der Waals surface area contributed by atoms with Crippen LogP contribution in [0.5, 0.6) is 11.5 Å². The number of amides is 1. The number of fused-ring (bicyclic) bond motifs is 1. The average Bonchev–Trinajstić information content (AvgIpc) is 2.96. The third-order valence-electron chi connectivity index (χ3n) is 3.21. The number of terminal acetylenes is 1.